The van der Waals surface area contributed by atoms with Crippen LogP contribution in [0.15, 0.2) is 6.20 Å². The third-order valence-corrected chi connectivity index (χ3v) is 2.24. The van der Waals surface area contributed by atoms with E-state index >= 15 is 0 Å². The number of amides is 1. The fraction of sp³-hybridized carbons (Fsp3) is 0.444. The summed E-state index contributed by atoms with van der Waals surface area (Å²) >= 11 is 5.50. The second-order valence-electron chi connectivity index (χ2n) is 3.43. The molecule has 17 heavy (non-hydrogen) atoms. The van der Waals surface area contributed by atoms with Gasteiger partial charge in [-0.05, 0) is 11.6 Å². The van der Waals surface area contributed by atoms with Crippen LogP contribution in [0.25, 0.3) is 0 Å². The van der Waals surface area contributed by atoms with Gasteiger partial charge in [-0.2, -0.15) is 0 Å². The Kier molecular flexibility index (Phi) is 4.62. The van der Waals surface area contributed by atoms with Crippen LogP contribution in [0.5, 0.6) is 0 Å². The molecule has 1 heterocycles. The molecule has 0 aliphatic rings. The number of aliphatic hydroxyl groups excluding tert-OH is 2. The molecule has 0 bridgehead atoms. The van der Waals surface area contributed by atoms with Gasteiger partial charge in [0.1, 0.15) is 18.0 Å². The Morgan fingerprint density at radius 3 is 2.82 bits per heavy atom. The zero-order valence-corrected chi connectivity index (χ0v) is 9.85. The van der Waals surface area contributed by atoms with Crippen molar-refractivity contribution in [3.63, 3.8) is 0 Å². The van der Waals surface area contributed by atoms with E-state index in [4.69, 9.17) is 17.3 Å². The van der Waals surface area contributed by atoms with Crippen molar-refractivity contribution in [2.75, 3.05) is 12.3 Å². The Bertz CT molecular complexity index is 415. The molecule has 1 amide bonds. The molecule has 7 nitrogen and oxygen atoms in total. The highest BCUT2D eigenvalue weighted by molar-refractivity contribution is 6.28. The van der Waals surface area contributed by atoms with Gasteiger partial charge >= 0.3 is 0 Å². The molecule has 8 heteroatoms. The number of nitrogens with zero attached hydrogens (tertiary/aromatic N) is 2. The van der Waals surface area contributed by atoms with Crippen molar-refractivity contribution in [2.45, 2.75) is 19.1 Å². The minimum atomic E-state index is -1.29. The van der Waals surface area contributed by atoms with E-state index < -0.39 is 12.2 Å². The second-order valence-corrected chi connectivity index (χ2v) is 3.77. The van der Waals surface area contributed by atoms with E-state index in [0.29, 0.717) is 0 Å². The molecule has 0 radical (unpaired) electrons. The Hall–Kier alpha value is -1.44. The first-order valence-corrected chi connectivity index (χ1v) is 5.18. The summed E-state index contributed by atoms with van der Waals surface area (Å²) in [6.45, 7) is 1.21. The summed E-state index contributed by atoms with van der Waals surface area (Å²) in [5.41, 5.74) is 5.68. The van der Waals surface area contributed by atoms with Crippen LogP contribution in [0.2, 0.25) is 5.28 Å². The normalized spacial score (nSPS) is 14.1. The summed E-state index contributed by atoms with van der Waals surface area (Å²) in [6.07, 6.45) is -1.27. The molecule has 5 N–H and O–H groups in total. The number of nitrogens with two attached hydrogens (primary N) is 1. The lowest BCUT2D eigenvalue weighted by Gasteiger charge is -2.18. The quantitative estimate of drug-likeness (QED) is 0.528. The minimum Gasteiger partial charge on any atom is -0.388 e. The van der Waals surface area contributed by atoms with Gasteiger partial charge in [-0.3, -0.25) is 4.79 Å². The summed E-state index contributed by atoms with van der Waals surface area (Å²) < 4.78 is 0. The van der Waals surface area contributed by atoms with Crippen molar-refractivity contribution < 1.29 is 15.0 Å². The van der Waals surface area contributed by atoms with Crippen LogP contribution in [-0.2, 0) is 4.79 Å². The lowest BCUT2D eigenvalue weighted by Crippen LogP contribution is -2.34. The molecule has 0 fully saturated rings. The largest absolute Gasteiger partial charge is 0.388 e. The summed E-state index contributed by atoms with van der Waals surface area (Å²) in [7, 11) is 0. The van der Waals surface area contributed by atoms with Crippen molar-refractivity contribution in [3.8, 4) is 0 Å². The number of rotatable bonds is 4. The lowest BCUT2D eigenvalue weighted by atomic mass is 10.1. The van der Waals surface area contributed by atoms with Crippen LogP contribution >= 0.6 is 11.6 Å². The van der Waals surface area contributed by atoms with Gasteiger partial charge in [0.05, 0.1) is 0 Å². The lowest BCUT2D eigenvalue weighted by molar-refractivity contribution is -0.119. The maximum atomic E-state index is 10.6. The Morgan fingerprint density at radius 1 is 1.65 bits per heavy atom. The molecule has 0 aromatic carbocycles. The first-order chi connectivity index (χ1) is 7.91. The molecule has 1 aromatic heterocycles. The maximum Gasteiger partial charge on any atom is 0.224 e. The molecule has 1 aromatic rings. The number of carbonyl (C=O) groups is 1. The molecule has 94 valence electrons. The van der Waals surface area contributed by atoms with Gasteiger partial charge in [0.2, 0.25) is 11.2 Å². The van der Waals surface area contributed by atoms with E-state index in [2.05, 4.69) is 15.3 Å². The molecular formula is C9H13ClN4O3. The fourth-order valence-electron chi connectivity index (χ4n) is 1.18. The van der Waals surface area contributed by atoms with Crippen molar-refractivity contribution in [3.05, 3.63) is 17.0 Å². The van der Waals surface area contributed by atoms with Gasteiger partial charge in [-0.15, -0.1) is 0 Å². The van der Waals surface area contributed by atoms with E-state index in [1.54, 1.807) is 0 Å². The molecule has 1 rings (SSSR count). The molecule has 2 atom stereocenters. The average Bonchev–Trinajstić information content (AvgIpc) is 2.25. The second kappa shape index (κ2) is 5.76. The first kappa shape index (κ1) is 13.6. The Balaban J connectivity index is 2.74. The maximum absolute atomic E-state index is 10.6. The van der Waals surface area contributed by atoms with Gasteiger partial charge in [0, 0.05) is 25.2 Å². The monoisotopic (exact) mass is 260 g/mol. The number of nitrogen functional groups attached to an aromatic ring is 1. The van der Waals surface area contributed by atoms with Crippen LogP contribution in [-0.4, -0.2) is 38.7 Å². The Morgan fingerprint density at radius 2 is 2.29 bits per heavy atom. The molecular weight excluding hydrogens is 248 g/mol. The molecule has 0 aliphatic heterocycles. The topological polar surface area (TPSA) is 121 Å². The minimum absolute atomic E-state index is 0.0145. The smallest absolute Gasteiger partial charge is 0.224 e. The number of hydrogen-bond acceptors (Lipinski definition) is 6. The first-order valence-electron chi connectivity index (χ1n) is 4.80. The van der Waals surface area contributed by atoms with Crippen molar-refractivity contribution >= 4 is 23.3 Å². The van der Waals surface area contributed by atoms with E-state index in [-0.39, 0.29) is 29.1 Å². The van der Waals surface area contributed by atoms with Gasteiger partial charge in [0.15, 0.2) is 0 Å². The standard InChI is InChI=1S/C9H13ClN4O3/c1-4(15)12-3-6(16)7(17)5-2-13-9(10)14-8(5)11/h2,6-7,16-17H,3H2,1H3,(H,12,15)(H2,11,13,14). The molecule has 0 spiro atoms. The van der Waals surface area contributed by atoms with Crippen molar-refractivity contribution in [1.29, 1.82) is 0 Å². The Labute approximate surface area is 103 Å². The summed E-state index contributed by atoms with van der Waals surface area (Å²) in [5, 5.41) is 21.7. The van der Waals surface area contributed by atoms with Gasteiger partial charge in [-0.1, -0.05) is 0 Å². The number of aromatic nitrogens is 2. The molecule has 0 saturated carbocycles. The number of anilines is 1. The number of nitrogens with one attached hydrogen (secondary N) is 1. The predicted octanol–water partition coefficient (Wildman–Crippen LogP) is -0.757. The number of aliphatic hydroxyl groups is 2. The highest BCUT2D eigenvalue weighted by atomic mass is 35.5. The summed E-state index contributed by atoms with van der Waals surface area (Å²) in [6, 6.07) is 0. The molecule has 0 aliphatic carbocycles. The van der Waals surface area contributed by atoms with Crippen LogP contribution in [0.4, 0.5) is 5.82 Å². The summed E-state index contributed by atoms with van der Waals surface area (Å²) in [5.74, 6) is -0.323. The molecule has 2 unspecified atom stereocenters. The summed E-state index contributed by atoms with van der Waals surface area (Å²) in [4.78, 5) is 17.9. The van der Waals surface area contributed by atoms with Crippen LogP contribution in [0.3, 0.4) is 0 Å². The van der Waals surface area contributed by atoms with Crippen LogP contribution < -0.4 is 11.1 Å². The van der Waals surface area contributed by atoms with Gasteiger partial charge in [0.25, 0.3) is 0 Å². The number of halogens is 1. The zero-order chi connectivity index (χ0) is 13.0. The number of hydrogen-bond donors (Lipinski definition) is 4. The average molecular weight is 261 g/mol. The zero-order valence-electron chi connectivity index (χ0n) is 9.09. The van der Waals surface area contributed by atoms with Crippen LogP contribution in [0.1, 0.15) is 18.6 Å². The predicted molar refractivity (Wildman–Crippen MR) is 61.1 cm³/mol. The van der Waals surface area contributed by atoms with Crippen molar-refractivity contribution in [2.24, 2.45) is 0 Å². The van der Waals surface area contributed by atoms with E-state index in [1.165, 1.54) is 13.1 Å². The number of carbonyl (C=O) groups excluding carboxylic acids is 1. The SMILES string of the molecule is CC(=O)NCC(O)C(O)c1cnc(Cl)nc1N. The van der Waals surface area contributed by atoms with E-state index in [9.17, 15) is 15.0 Å². The van der Waals surface area contributed by atoms with E-state index in [0.717, 1.165) is 0 Å². The van der Waals surface area contributed by atoms with Crippen molar-refractivity contribution in [1.82, 2.24) is 15.3 Å². The third-order valence-electron chi connectivity index (χ3n) is 2.06. The van der Waals surface area contributed by atoms with Gasteiger partial charge < -0.3 is 21.3 Å². The highest BCUT2D eigenvalue weighted by Crippen LogP contribution is 2.21. The van der Waals surface area contributed by atoms with Crippen LogP contribution in [0, 0.1) is 0 Å². The molecule has 0 saturated heterocycles. The third kappa shape index (κ3) is 3.81. The highest BCUT2D eigenvalue weighted by Gasteiger charge is 2.22. The van der Waals surface area contributed by atoms with E-state index in [1.807, 2.05) is 0 Å². The van der Waals surface area contributed by atoms with Gasteiger partial charge in [-0.25, -0.2) is 9.97 Å². The fourth-order valence-corrected chi connectivity index (χ4v) is 1.32.